The molecule has 2 aromatic rings. The third-order valence-electron chi connectivity index (χ3n) is 5.22. The fraction of sp³-hybridized carbons (Fsp3) is 0.333. The highest BCUT2D eigenvalue weighted by atomic mass is 16.5. The topological polar surface area (TPSA) is 84.0 Å². The van der Waals surface area contributed by atoms with Gasteiger partial charge in [0.25, 0.3) is 17.7 Å². The molecule has 0 saturated carbocycles. The minimum Gasteiger partial charge on any atom is -0.449 e. The zero-order valence-corrected chi connectivity index (χ0v) is 18.0. The molecule has 0 bridgehead atoms. The van der Waals surface area contributed by atoms with Crippen molar-refractivity contribution in [2.45, 2.75) is 39.7 Å². The van der Waals surface area contributed by atoms with Gasteiger partial charge in [-0.05, 0) is 50.6 Å². The maximum atomic E-state index is 12.8. The number of ether oxygens (including phenoxy) is 1. The molecule has 1 heterocycles. The molecule has 0 aliphatic carbocycles. The van der Waals surface area contributed by atoms with Crippen molar-refractivity contribution in [3.8, 4) is 0 Å². The van der Waals surface area contributed by atoms with Crippen LogP contribution in [-0.2, 0) is 9.53 Å². The molecule has 0 spiro atoms. The van der Waals surface area contributed by atoms with Gasteiger partial charge in [-0.3, -0.25) is 19.3 Å². The standard InChI is InChI=1S/C24H26N2O5/c1-4-6-14-26-22(28)19-13-12-17(15-20(19)23(26)29)24(30)31-16(3)21(27)25(5-2)18-10-8-7-9-11-18/h7-13,15-16H,4-6,14H2,1-3H3/t16-/m1/s1. The summed E-state index contributed by atoms with van der Waals surface area (Å²) in [6.45, 7) is 6.10. The number of benzene rings is 2. The smallest absolute Gasteiger partial charge is 0.338 e. The Hall–Kier alpha value is -3.48. The van der Waals surface area contributed by atoms with Crippen molar-refractivity contribution in [1.29, 1.82) is 0 Å². The molecule has 1 aliphatic rings. The Morgan fingerprint density at radius 3 is 2.32 bits per heavy atom. The quantitative estimate of drug-likeness (QED) is 0.479. The van der Waals surface area contributed by atoms with Crippen molar-refractivity contribution in [1.82, 2.24) is 4.90 Å². The fourth-order valence-corrected chi connectivity index (χ4v) is 3.51. The van der Waals surface area contributed by atoms with Crippen molar-refractivity contribution in [2.75, 3.05) is 18.0 Å². The van der Waals surface area contributed by atoms with Gasteiger partial charge in [-0.15, -0.1) is 0 Å². The van der Waals surface area contributed by atoms with Crippen LogP contribution in [-0.4, -0.2) is 47.8 Å². The summed E-state index contributed by atoms with van der Waals surface area (Å²) in [4.78, 5) is 53.2. The Kier molecular flexibility index (Phi) is 6.84. The predicted molar refractivity (Wildman–Crippen MR) is 116 cm³/mol. The minimum atomic E-state index is -1.01. The molecule has 1 atom stereocenters. The molecule has 2 aromatic carbocycles. The van der Waals surface area contributed by atoms with Crippen LogP contribution in [0.4, 0.5) is 5.69 Å². The molecule has 0 N–H and O–H groups in total. The molecule has 0 saturated heterocycles. The second kappa shape index (κ2) is 9.55. The molecule has 0 aromatic heterocycles. The number of carbonyl (C=O) groups is 4. The van der Waals surface area contributed by atoms with E-state index in [0.717, 1.165) is 12.8 Å². The van der Waals surface area contributed by atoms with Gasteiger partial charge < -0.3 is 9.64 Å². The van der Waals surface area contributed by atoms with Crippen LogP contribution in [0.2, 0.25) is 0 Å². The summed E-state index contributed by atoms with van der Waals surface area (Å²) in [6.07, 6.45) is 0.559. The van der Waals surface area contributed by atoms with Crippen LogP contribution in [0.15, 0.2) is 48.5 Å². The lowest BCUT2D eigenvalue weighted by atomic mass is 10.1. The van der Waals surface area contributed by atoms with Crippen LogP contribution < -0.4 is 4.90 Å². The Morgan fingerprint density at radius 2 is 1.68 bits per heavy atom. The first-order valence-corrected chi connectivity index (χ1v) is 10.5. The third kappa shape index (κ3) is 4.50. The van der Waals surface area contributed by atoms with E-state index >= 15 is 0 Å². The molecule has 7 heteroatoms. The van der Waals surface area contributed by atoms with Gasteiger partial charge in [0.15, 0.2) is 6.10 Å². The number of hydrogen-bond donors (Lipinski definition) is 0. The predicted octanol–water partition coefficient (Wildman–Crippen LogP) is 3.68. The number of imide groups is 1. The van der Waals surface area contributed by atoms with E-state index in [4.69, 9.17) is 4.74 Å². The number of para-hydroxylation sites is 1. The number of carbonyl (C=O) groups excluding carboxylic acids is 4. The van der Waals surface area contributed by atoms with Crippen molar-refractivity contribution in [2.24, 2.45) is 0 Å². The average Bonchev–Trinajstić information content (AvgIpc) is 3.02. The van der Waals surface area contributed by atoms with Gasteiger partial charge in [0.1, 0.15) is 0 Å². The number of rotatable bonds is 8. The SMILES string of the molecule is CCCCN1C(=O)c2ccc(C(=O)O[C@H](C)C(=O)N(CC)c3ccccc3)cc2C1=O. The summed E-state index contributed by atoms with van der Waals surface area (Å²) >= 11 is 0. The summed E-state index contributed by atoms with van der Waals surface area (Å²) in [6, 6.07) is 13.4. The molecular weight excluding hydrogens is 396 g/mol. The van der Waals surface area contributed by atoms with Crippen LogP contribution in [0.5, 0.6) is 0 Å². The number of unbranched alkanes of at least 4 members (excludes halogenated alkanes) is 1. The lowest BCUT2D eigenvalue weighted by Crippen LogP contribution is -2.40. The Labute approximate surface area is 181 Å². The van der Waals surface area contributed by atoms with Crippen molar-refractivity contribution >= 4 is 29.4 Å². The first-order chi connectivity index (χ1) is 14.9. The van der Waals surface area contributed by atoms with E-state index in [0.29, 0.717) is 18.8 Å². The summed E-state index contributed by atoms with van der Waals surface area (Å²) in [5, 5.41) is 0. The molecule has 31 heavy (non-hydrogen) atoms. The van der Waals surface area contributed by atoms with Gasteiger partial charge in [-0.1, -0.05) is 31.5 Å². The Balaban J connectivity index is 1.73. The van der Waals surface area contributed by atoms with Gasteiger partial charge in [0.05, 0.1) is 16.7 Å². The van der Waals surface area contributed by atoms with Crippen molar-refractivity contribution in [3.05, 3.63) is 65.2 Å². The average molecular weight is 422 g/mol. The second-order valence-electron chi connectivity index (χ2n) is 7.34. The Morgan fingerprint density at radius 1 is 1.00 bits per heavy atom. The highest BCUT2D eigenvalue weighted by molar-refractivity contribution is 6.22. The number of anilines is 1. The normalized spacial score (nSPS) is 13.7. The van der Waals surface area contributed by atoms with E-state index in [1.165, 1.54) is 34.9 Å². The molecule has 0 fully saturated rings. The first kappa shape index (κ1) is 22.2. The lowest BCUT2D eigenvalue weighted by Gasteiger charge is -2.24. The minimum absolute atomic E-state index is 0.125. The molecule has 3 rings (SSSR count). The highest BCUT2D eigenvalue weighted by Crippen LogP contribution is 2.25. The zero-order chi connectivity index (χ0) is 22.5. The first-order valence-electron chi connectivity index (χ1n) is 10.5. The molecule has 1 aliphatic heterocycles. The molecule has 3 amide bonds. The highest BCUT2D eigenvalue weighted by Gasteiger charge is 2.36. The van der Waals surface area contributed by atoms with Gasteiger partial charge in [-0.25, -0.2) is 4.79 Å². The zero-order valence-electron chi connectivity index (χ0n) is 18.0. The van der Waals surface area contributed by atoms with Crippen molar-refractivity contribution < 1.29 is 23.9 Å². The van der Waals surface area contributed by atoms with E-state index in [1.54, 1.807) is 0 Å². The van der Waals surface area contributed by atoms with Gasteiger partial charge in [0.2, 0.25) is 0 Å². The molecule has 0 unspecified atom stereocenters. The van der Waals surface area contributed by atoms with Gasteiger partial charge >= 0.3 is 5.97 Å². The maximum Gasteiger partial charge on any atom is 0.338 e. The maximum absolute atomic E-state index is 12.8. The molecule has 7 nitrogen and oxygen atoms in total. The number of nitrogens with zero attached hydrogens (tertiary/aromatic N) is 2. The fourth-order valence-electron chi connectivity index (χ4n) is 3.51. The van der Waals surface area contributed by atoms with Gasteiger partial charge in [0, 0.05) is 18.8 Å². The van der Waals surface area contributed by atoms with Crippen molar-refractivity contribution in [3.63, 3.8) is 0 Å². The number of esters is 1. The van der Waals surface area contributed by atoms with Gasteiger partial charge in [-0.2, -0.15) is 0 Å². The second-order valence-corrected chi connectivity index (χ2v) is 7.34. The van der Waals surface area contributed by atoms with E-state index < -0.39 is 18.0 Å². The third-order valence-corrected chi connectivity index (χ3v) is 5.22. The van der Waals surface area contributed by atoms with Crippen LogP contribution in [0.1, 0.15) is 64.7 Å². The van der Waals surface area contributed by atoms with E-state index in [-0.39, 0.29) is 28.5 Å². The molecule has 162 valence electrons. The Bertz CT molecular complexity index is 1000. The summed E-state index contributed by atoms with van der Waals surface area (Å²) in [5.74, 6) is -1.83. The lowest BCUT2D eigenvalue weighted by molar-refractivity contribution is -0.126. The number of amides is 3. The van der Waals surface area contributed by atoms with Crippen LogP contribution in [0.25, 0.3) is 0 Å². The van der Waals surface area contributed by atoms with Crippen LogP contribution in [0.3, 0.4) is 0 Å². The van der Waals surface area contributed by atoms with E-state index in [9.17, 15) is 19.2 Å². The van der Waals surface area contributed by atoms with E-state index in [1.807, 2.05) is 44.2 Å². The number of hydrogen-bond acceptors (Lipinski definition) is 5. The molecular formula is C24H26N2O5. The summed E-state index contributed by atoms with van der Waals surface area (Å²) in [5.41, 5.74) is 1.31. The summed E-state index contributed by atoms with van der Waals surface area (Å²) < 4.78 is 5.38. The largest absolute Gasteiger partial charge is 0.449 e. The number of likely N-dealkylation sites (N-methyl/N-ethyl adjacent to an activating group) is 1. The van der Waals surface area contributed by atoms with Crippen LogP contribution >= 0.6 is 0 Å². The van der Waals surface area contributed by atoms with Crippen LogP contribution in [0, 0.1) is 0 Å². The summed E-state index contributed by atoms with van der Waals surface area (Å²) in [7, 11) is 0. The molecule has 0 radical (unpaired) electrons. The monoisotopic (exact) mass is 422 g/mol. The van der Waals surface area contributed by atoms with E-state index in [2.05, 4.69) is 0 Å². The number of fused-ring (bicyclic) bond motifs is 1.